The van der Waals surface area contributed by atoms with Crippen molar-refractivity contribution in [3.05, 3.63) is 76.0 Å². The molecule has 0 unspecified atom stereocenters. The lowest BCUT2D eigenvalue weighted by Crippen LogP contribution is -2.36. The van der Waals surface area contributed by atoms with E-state index in [0.717, 1.165) is 10.2 Å². The fraction of sp³-hybridized carbons (Fsp3) is 0.182. The Kier molecular flexibility index (Phi) is 6.64. The van der Waals surface area contributed by atoms with Crippen molar-refractivity contribution in [3.63, 3.8) is 0 Å². The first-order chi connectivity index (χ1) is 14.4. The van der Waals surface area contributed by atoms with Crippen LogP contribution in [0, 0.1) is 0 Å². The quantitative estimate of drug-likeness (QED) is 0.622. The average molecular weight is 425 g/mol. The number of hydrogen-bond donors (Lipinski definition) is 2. The largest absolute Gasteiger partial charge is 0.324 e. The van der Waals surface area contributed by atoms with Crippen molar-refractivity contribution >= 4 is 34.8 Å². The maximum Gasteiger partial charge on any atom is 0.291 e. The van der Waals surface area contributed by atoms with E-state index < -0.39 is 17.5 Å². The zero-order valence-electron chi connectivity index (χ0n) is 16.6. The molecule has 1 atom stereocenters. The molecule has 154 valence electrons. The van der Waals surface area contributed by atoms with Crippen LogP contribution in [0.1, 0.15) is 26.3 Å². The normalized spacial score (nSPS) is 11.6. The van der Waals surface area contributed by atoms with Gasteiger partial charge < -0.3 is 10.6 Å². The molecule has 0 fully saturated rings. The lowest BCUT2D eigenvalue weighted by Gasteiger charge is -2.19. The molecule has 8 heteroatoms. The number of anilines is 2. The van der Waals surface area contributed by atoms with E-state index in [2.05, 4.69) is 15.7 Å². The van der Waals surface area contributed by atoms with Crippen LogP contribution in [0.5, 0.6) is 0 Å². The van der Waals surface area contributed by atoms with Crippen LogP contribution in [-0.2, 0) is 9.59 Å². The predicted octanol–water partition coefficient (Wildman–Crippen LogP) is 4.11. The van der Waals surface area contributed by atoms with E-state index in [1.807, 2.05) is 30.3 Å². The molecule has 0 bridgehead atoms. The molecule has 30 heavy (non-hydrogen) atoms. The molecule has 2 amide bonds. The number of amides is 2. The van der Waals surface area contributed by atoms with Gasteiger partial charge in [-0.2, -0.15) is 5.10 Å². The number of hydrogen-bond acceptors (Lipinski definition) is 4. The van der Waals surface area contributed by atoms with E-state index in [9.17, 15) is 14.4 Å². The fourth-order valence-electron chi connectivity index (χ4n) is 2.98. The van der Waals surface area contributed by atoms with Gasteiger partial charge >= 0.3 is 0 Å². The molecular weight excluding hydrogens is 404 g/mol. The first-order valence-electron chi connectivity index (χ1n) is 9.42. The number of halogens is 1. The highest BCUT2D eigenvalue weighted by Gasteiger charge is 2.24. The summed E-state index contributed by atoms with van der Waals surface area (Å²) in [5.74, 6) is -0.782. The number of nitrogens with zero attached hydrogens (tertiary/aromatic N) is 2. The molecule has 2 aromatic carbocycles. The van der Waals surface area contributed by atoms with Crippen molar-refractivity contribution < 1.29 is 9.59 Å². The minimum atomic E-state index is -0.871. The summed E-state index contributed by atoms with van der Waals surface area (Å²) in [6.45, 7) is 3.10. The third kappa shape index (κ3) is 4.93. The molecule has 0 aliphatic carbocycles. The summed E-state index contributed by atoms with van der Waals surface area (Å²) < 4.78 is 1.12. The number of aromatic nitrogens is 2. The molecule has 3 aromatic rings. The number of nitrogens with one attached hydrogen (secondary N) is 2. The Bertz CT molecular complexity index is 1110. The molecule has 0 aliphatic heterocycles. The zero-order valence-corrected chi connectivity index (χ0v) is 17.3. The minimum absolute atomic E-state index is 0.0640. The SMILES string of the molecule is CC[C@H](C(=O)Nc1ccc(Cl)cc1)n1nc(-c2ccccc2)cc(NC(C)=O)c1=O. The molecular formula is C22H21ClN4O3. The van der Waals surface area contributed by atoms with E-state index in [1.54, 1.807) is 31.2 Å². The lowest BCUT2D eigenvalue weighted by atomic mass is 10.1. The van der Waals surface area contributed by atoms with Gasteiger partial charge in [0.25, 0.3) is 5.56 Å². The molecule has 0 aliphatic rings. The number of carbonyl (C=O) groups excluding carboxylic acids is 2. The number of rotatable bonds is 6. The second-order valence-corrected chi connectivity index (χ2v) is 7.10. The van der Waals surface area contributed by atoms with E-state index in [1.165, 1.54) is 13.0 Å². The number of carbonyl (C=O) groups is 2. The average Bonchev–Trinajstić information content (AvgIpc) is 2.73. The molecule has 0 saturated heterocycles. The van der Waals surface area contributed by atoms with E-state index in [0.29, 0.717) is 22.8 Å². The minimum Gasteiger partial charge on any atom is -0.324 e. The Hall–Kier alpha value is -3.45. The van der Waals surface area contributed by atoms with Gasteiger partial charge in [-0.05, 0) is 36.8 Å². The highest BCUT2D eigenvalue weighted by Crippen LogP contribution is 2.21. The van der Waals surface area contributed by atoms with Crippen molar-refractivity contribution in [2.45, 2.75) is 26.3 Å². The van der Waals surface area contributed by atoms with E-state index in [-0.39, 0.29) is 11.6 Å². The zero-order chi connectivity index (χ0) is 21.7. The van der Waals surface area contributed by atoms with Gasteiger partial charge in [0.2, 0.25) is 11.8 Å². The third-order valence-corrected chi connectivity index (χ3v) is 4.66. The van der Waals surface area contributed by atoms with E-state index >= 15 is 0 Å². The van der Waals surface area contributed by atoms with Crippen molar-refractivity contribution in [2.24, 2.45) is 0 Å². The lowest BCUT2D eigenvalue weighted by molar-refractivity contribution is -0.119. The van der Waals surface area contributed by atoms with Crippen LogP contribution in [0.2, 0.25) is 5.02 Å². The molecule has 3 rings (SSSR count). The summed E-state index contributed by atoms with van der Waals surface area (Å²) in [6, 6.07) is 16.5. The summed E-state index contributed by atoms with van der Waals surface area (Å²) in [5.41, 5.74) is 1.29. The highest BCUT2D eigenvalue weighted by molar-refractivity contribution is 6.30. The molecule has 2 N–H and O–H groups in total. The molecule has 0 radical (unpaired) electrons. The standard InChI is InChI=1S/C22H21ClN4O3/c1-3-20(21(29)25-17-11-9-16(23)10-12-17)27-22(30)19(24-14(2)28)13-18(26-27)15-7-5-4-6-8-15/h4-13,20H,3H2,1-2H3,(H,24,28)(H,25,29)/t20-/m1/s1. The summed E-state index contributed by atoms with van der Waals surface area (Å²) in [6.07, 6.45) is 0.323. The summed E-state index contributed by atoms with van der Waals surface area (Å²) in [5, 5.41) is 10.3. The maximum absolute atomic E-state index is 13.0. The van der Waals surface area contributed by atoms with Gasteiger partial charge in [0.1, 0.15) is 11.7 Å². The second-order valence-electron chi connectivity index (χ2n) is 6.66. The molecule has 0 saturated carbocycles. The second kappa shape index (κ2) is 9.37. The smallest absolute Gasteiger partial charge is 0.291 e. The van der Waals surface area contributed by atoms with Gasteiger partial charge in [-0.15, -0.1) is 0 Å². The van der Waals surface area contributed by atoms with Gasteiger partial charge in [-0.1, -0.05) is 48.9 Å². The van der Waals surface area contributed by atoms with Crippen LogP contribution in [0.3, 0.4) is 0 Å². The topological polar surface area (TPSA) is 93.1 Å². The monoisotopic (exact) mass is 424 g/mol. The van der Waals surface area contributed by atoms with Crippen LogP contribution in [-0.4, -0.2) is 21.6 Å². The highest BCUT2D eigenvalue weighted by atomic mass is 35.5. The predicted molar refractivity (Wildman–Crippen MR) is 118 cm³/mol. The molecule has 1 aromatic heterocycles. The Balaban J connectivity index is 2.04. The van der Waals surface area contributed by atoms with Crippen LogP contribution in [0.4, 0.5) is 11.4 Å². The van der Waals surface area contributed by atoms with Crippen molar-refractivity contribution in [1.29, 1.82) is 0 Å². The maximum atomic E-state index is 13.0. The summed E-state index contributed by atoms with van der Waals surface area (Å²) in [4.78, 5) is 37.5. The van der Waals surface area contributed by atoms with Gasteiger partial charge in [0.05, 0.1) is 5.69 Å². The Morgan fingerprint density at radius 2 is 1.73 bits per heavy atom. The van der Waals surface area contributed by atoms with Gasteiger partial charge in [-0.25, -0.2) is 4.68 Å². The Morgan fingerprint density at radius 3 is 2.33 bits per heavy atom. The Labute approximate surface area is 178 Å². The summed E-state index contributed by atoms with van der Waals surface area (Å²) >= 11 is 5.89. The fourth-order valence-corrected chi connectivity index (χ4v) is 3.11. The van der Waals surface area contributed by atoms with Gasteiger partial charge in [-0.3, -0.25) is 14.4 Å². The first-order valence-corrected chi connectivity index (χ1v) is 9.80. The summed E-state index contributed by atoms with van der Waals surface area (Å²) in [7, 11) is 0. The van der Waals surface area contributed by atoms with Crippen LogP contribution in [0.15, 0.2) is 65.5 Å². The van der Waals surface area contributed by atoms with Crippen LogP contribution >= 0.6 is 11.6 Å². The first kappa shape index (κ1) is 21.3. The van der Waals surface area contributed by atoms with Crippen LogP contribution < -0.4 is 16.2 Å². The van der Waals surface area contributed by atoms with Crippen LogP contribution in [0.25, 0.3) is 11.3 Å². The van der Waals surface area contributed by atoms with Crippen molar-refractivity contribution in [2.75, 3.05) is 10.6 Å². The van der Waals surface area contributed by atoms with Crippen molar-refractivity contribution in [3.8, 4) is 11.3 Å². The molecule has 0 spiro atoms. The van der Waals surface area contributed by atoms with Gasteiger partial charge in [0, 0.05) is 23.2 Å². The van der Waals surface area contributed by atoms with Crippen molar-refractivity contribution in [1.82, 2.24) is 9.78 Å². The van der Waals surface area contributed by atoms with Gasteiger partial charge in [0.15, 0.2) is 0 Å². The van der Waals surface area contributed by atoms with E-state index in [4.69, 9.17) is 11.6 Å². The Morgan fingerprint density at radius 1 is 1.07 bits per heavy atom. The third-order valence-electron chi connectivity index (χ3n) is 4.41. The molecule has 1 heterocycles. The molecule has 7 nitrogen and oxygen atoms in total. The number of benzene rings is 2.